The summed E-state index contributed by atoms with van der Waals surface area (Å²) >= 11 is 0. The van der Waals surface area contributed by atoms with Crippen molar-refractivity contribution in [2.24, 2.45) is 0 Å². The SMILES string of the molecule is Nc1nc(-c2cccc(O)c2)c2nccnc2n1. The molecular formula is C12H9N5O. The number of benzene rings is 1. The van der Waals surface area contributed by atoms with E-state index in [9.17, 15) is 5.11 Å². The van der Waals surface area contributed by atoms with Crippen molar-refractivity contribution in [2.45, 2.75) is 0 Å². The molecule has 3 rings (SSSR count). The molecule has 6 nitrogen and oxygen atoms in total. The van der Waals surface area contributed by atoms with Crippen LogP contribution in [0.4, 0.5) is 5.95 Å². The molecule has 18 heavy (non-hydrogen) atoms. The van der Waals surface area contributed by atoms with Crippen LogP contribution in [0.1, 0.15) is 0 Å². The maximum atomic E-state index is 9.51. The number of nitrogens with two attached hydrogens (primary N) is 1. The lowest BCUT2D eigenvalue weighted by Crippen LogP contribution is -2.00. The summed E-state index contributed by atoms with van der Waals surface area (Å²) in [7, 11) is 0. The van der Waals surface area contributed by atoms with Gasteiger partial charge in [0.15, 0.2) is 5.65 Å². The fraction of sp³-hybridized carbons (Fsp3) is 0. The quantitative estimate of drug-likeness (QED) is 0.665. The fourth-order valence-electron chi connectivity index (χ4n) is 1.74. The Morgan fingerprint density at radius 3 is 2.72 bits per heavy atom. The van der Waals surface area contributed by atoms with E-state index in [0.29, 0.717) is 16.9 Å². The van der Waals surface area contributed by atoms with E-state index in [1.807, 2.05) is 6.07 Å². The third-order valence-corrected chi connectivity index (χ3v) is 2.47. The highest BCUT2D eigenvalue weighted by Gasteiger charge is 2.10. The summed E-state index contributed by atoms with van der Waals surface area (Å²) in [4.78, 5) is 16.5. The van der Waals surface area contributed by atoms with Crippen molar-refractivity contribution in [1.29, 1.82) is 0 Å². The third-order valence-electron chi connectivity index (χ3n) is 2.47. The summed E-state index contributed by atoms with van der Waals surface area (Å²) in [6.07, 6.45) is 3.11. The van der Waals surface area contributed by atoms with Crippen LogP contribution in [0.3, 0.4) is 0 Å². The number of aromatic hydroxyl groups is 1. The molecule has 0 amide bonds. The van der Waals surface area contributed by atoms with Gasteiger partial charge in [-0.25, -0.2) is 15.0 Å². The van der Waals surface area contributed by atoms with Crippen LogP contribution in [0.5, 0.6) is 5.75 Å². The maximum Gasteiger partial charge on any atom is 0.222 e. The number of hydrogen-bond acceptors (Lipinski definition) is 6. The van der Waals surface area contributed by atoms with Gasteiger partial charge in [-0.15, -0.1) is 0 Å². The first-order valence-electron chi connectivity index (χ1n) is 5.28. The van der Waals surface area contributed by atoms with Gasteiger partial charge in [-0.2, -0.15) is 4.98 Å². The average molecular weight is 239 g/mol. The molecule has 1 aromatic carbocycles. The van der Waals surface area contributed by atoms with E-state index >= 15 is 0 Å². The Balaban J connectivity index is 2.34. The van der Waals surface area contributed by atoms with Gasteiger partial charge in [-0.1, -0.05) is 12.1 Å². The van der Waals surface area contributed by atoms with Gasteiger partial charge in [0.05, 0.1) is 0 Å². The molecule has 6 heteroatoms. The lowest BCUT2D eigenvalue weighted by atomic mass is 10.1. The second kappa shape index (κ2) is 3.92. The molecule has 3 N–H and O–H groups in total. The number of nitrogens with zero attached hydrogens (tertiary/aromatic N) is 4. The molecule has 0 radical (unpaired) electrons. The zero-order valence-corrected chi connectivity index (χ0v) is 9.28. The van der Waals surface area contributed by atoms with Crippen LogP contribution in [-0.2, 0) is 0 Å². The largest absolute Gasteiger partial charge is 0.508 e. The Morgan fingerprint density at radius 1 is 1.06 bits per heavy atom. The molecule has 0 aliphatic heterocycles. The van der Waals surface area contributed by atoms with Gasteiger partial charge >= 0.3 is 0 Å². The van der Waals surface area contributed by atoms with Crippen LogP contribution in [0, 0.1) is 0 Å². The first-order chi connectivity index (χ1) is 8.74. The van der Waals surface area contributed by atoms with Gasteiger partial charge < -0.3 is 10.8 Å². The van der Waals surface area contributed by atoms with E-state index in [2.05, 4.69) is 19.9 Å². The molecule has 0 saturated carbocycles. The van der Waals surface area contributed by atoms with Gasteiger partial charge in [0.2, 0.25) is 5.95 Å². The lowest BCUT2D eigenvalue weighted by Gasteiger charge is -2.05. The highest BCUT2D eigenvalue weighted by Crippen LogP contribution is 2.26. The van der Waals surface area contributed by atoms with Crippen molar-refractivity contribution in [1.82, 2.24) is 19.9 Å². The van der Waals surface area contributed by atoms with Crippen molar-refractivity contribution in [3.8, 4) is 17.0 Å². The van der Waals surface area contributed by atoms with E-state index in [1.54, 1.807) is 30.6 Å². The molecular weight excluding hydrogens is 230 g/mol. The van der Waals surface area contributed by atoms with Crippen molar-refractivity contribution in [2.75, 3.05) is 5.73 Å². The lowest BCUT2D eigenvalue weighted by molar-refractivity contribution is 0.475. The van der Waals surface area contributed by atoms with Crippen LogP contribution in [0.15, 0.2) is 36.7 Å². The monoisotopic (exact) mass is 239 g/mol. The Hall–Kier alpha value is -2.76. The maximum absolute atomic E-state index is 9.51. The van der Waals surface area contributed by atoms with E-state index < -0.39 is 0 Å². The van der Waals surface area contributed by atoms with Gasteiger partial charge in [0, 0.05) is 18.0 Å². The number of nitrogen functional groups attached to an aromatic ring is 1. The van der Waals surface area contributed by atoms with Crippen LogP contribution in [0.2, 0.25) is 0 Å². The van der Waals surface area contributed by atoms with Crippen molar-refractivity contribution >= 4 is 17.1 Å². The Kier molecular flexibility index (Phi) is 2.26. The van der Waals surface area contributed by atoms with Crippen LogP contribution >= 0.6 is 0 Å². The van der Waals surface area contributed by atoms with Crippen molar-refractivity contribution < 1.29 is 5.11 Å². The highest BCUT2D eigenvalue weighted by atomic mass is 16.3. The Labute approximate surface area is 102 Å². The summed E-state index contributed by atoms with van der Waals surface area (Å²) in [6, 6.07) is 6.72. The van der Waals surface area contributed by atoms with E-state index in [0.717, 1.165) is 5.56 Å². The molecule has 88 valence electrons. The number of fused-ring (bicyclic) bond motifs is 1. The normalized spacial score (nSPS) is 10.7. The summed E-state index contributed by atoms with van der Waals surface area (Å²) < 4.78 is 0. The molecule has 0 spiro atoms. The van der Waals surface area contributed by atoms with Crippen LogP contribution < -0.4 is 5.73 Å². The number of phenolic OH excluding ortho intramolecular Hbond substituents is 1. The van der Waals surface area contributed by atoms with Gasteiger partial charge in [-0.05, 0) is 12.1 Å². The van der Waals surface area contributed by atoms with Gasteiger partial charge in [0.25, 0.3) is 0 Å². The first-order valence-corrected chi connectivity index (χ1v) is 5.28. The Bertz CT molecular complexity index is 728. The molecule has 0 aliphatic carbocycles. The zero-order chi connectivity index (χ0) is 12.5. The highest BCUT2D eigenvalue weighted by molar-refractivity contribution is 5.87. The fourth-order valence-corrected chi connectivity index (χ4v) is 1.74. The first kappa shape index (κ1) is 10.4. The molecule has 0 aliphatic rings. The molecule has 2 heterocycles. The van der Waals surface area contributed by atoms with Crippen molar-refractivity contribution in [3.05, 3.63) is 36.7 Å². The smallest absolute Gasteiger partial charge is 0.222 e. The summed E-state index contributed by atoms with van der Waals surface area (Å²) in [6.45, 7) is 0. The van der Waals surface area contributed by atoms with Gasteiger partial charge in [-0.3, -0.25) is 0 Å². The molecule has 0 saturated heterocycles. The van der Waals surface area contributed by atoms with E-state index in [4.69, 9.17) is 5.73 Å². The second-order valence-electron chi connectivity index (χ2n) is 3.71. The second-order valence-corrected chi connectivity index (χ2v) is 3.71. The summed E-state index contributed by atoms with van der Waals surface area (Å²) in [5, 5.41) is 9.51. The predicted octanol–water partition coefficient (Wildman–Crippen LogP) is 1.37. The minimum atomic E-state index is 0.126. The molecule has 0 atom stereocenters. The molecule has 3 aromatic rings. The molecule has 0 fully saturated rings. The summed E-state index contributed by atoms with van der Waals surface area (Å²) in [5.74, 6) is 0.281. The number of rotatable bonds is 1. The van der Waals surface area contributed by atoms with E-state index in [1.165, 1.54) is 0 Å². The minimum Gasteiger partial charge on any atom is -0.508 e. The number of anilines is 1. The zero-order valence-electron chi connectivity index (χ0n) is 9.28. The predicted molar refractivity (Wildman–Crippen MR) is 66.6 cm³/mol. The van der Waals surface area contributed by atoms with Crippen LogP contribution in [0.25, 0.3) is 22.4 Å². The topological polar surface area (TPSA) is 97.8 Å². The number of phenols is 1. The summed E-state index contributed by atoms with van der Waals surface area (Å²) in [5.41, 5.74) is 7.91. The van der Waals surface area contributed by atoms with E-state index in [-0.39, 0.29) is 11.7 Å². The average Bonchev–Trinajstić information content (AvgIpc) is 2.37. The number of hydrogen-bond donors (Lipinski definition) is 2. The molecule has 0 unspecified atom stereocenters. The van der Waals surface area contributed by atoms with Gasteiger partial charge in [0.1, 0.15) is 17.0 Å². The Morgan fingerprint density at radius 2 is 1.89 bits per heavy atom. The standard InChI is InChI=1S/C12H9N5O/c13-12-16-9(7-2-1-3-8(18)6-7)10-11(17-12)15-5-4-14-10/h1-6,18H,(H2,13,15,16,17). The number of aromatic nitrogens is 4. The molecule has 2 aromatic heterocycles. The third kappa shape index (κ3) is 1.69. The van der Waals surface area contributed by atoms with Crippen LogP contribution in [-0.4, -0.2) is 25.0 Å². The minimum absolute atomic E-state index is 0.126. The van der Waals surface area contributed by atoms with Crippen molar-refractivity contribution in [3.63, 3.8) is 0 Å². The molecule has 0 bridgehead atoms.